The zero-order valence-electron chi connectivity index (χ0n) is 11.8. The molecule has 0 saturated heterocycles. The number of para-hydroxylation sites is 1. The van der Waals surface area contributed by atoms with Crippen LogP contribution in [-0.4, -0.2) is 17.3 Å². The molecule has 5 nitrogen and oxygen atoms in total. The Labute approximate surface area is 126 Å². The summed E-state index contributed by atoms with van der Waals surface area (Å²) < 4.78 is 29.0. The third-order valence-corrected chi connectivity index (χ3v) is 2.98. The minimum absolute atomic E-state index is 0.00208. The number of nitrogens with zero attached hydrogens (tertiary/aromatic N) is 2. The van der Waals surface area contributed by atoms with Gasteiger partial charge in [-0.05, 0) is 24.3 Å². The van der Waals surface area contributed by atoms with Crippen molar-refractivity contribution in [3.8, 4) is 22.9 Å². The molecule has 22 heavy (non-hydrogen) atoms. The van der Waals surface area contributed by atoms with E-state index >= 15 is 0 Å². The fourth-order valence-corrected chi connectivity index (χ4v) is 1.89. The Kier molecular flexibility index (Phi) is 4.00. The van der Waals surface area contributed by atoms with Crippen molar-refractivity contribution in [3.63, 3.8) is 0 Å². The summed E-state index contributed by atoms with van der Waals surface area (Å²) in [6.07, 6.45) is 0. The minimum atomic E-state index is -0.435. The highest BCUT2D eigenvalue weighted by molar-refractivity contribution is 5.56. The van der Waals surface area contributed by atoms with Gasteiger partial charge in [0, 0.05) is 5.56 Å². The van der Waals surface area contributed by atoms with Crippen LogP contribution in [0.25, 0.3) is 11.4 Å². The van der Waals surface area contributed by atoms with Crippen LogP contribution in [0.3, 0.4) is 0 Å². The minimum Gasteiger partial charge on any atom is -0.497 e. The summed E-state index contributed by atoms with van der Waals surface area (Å²) in [6, 6.07) is 13.4. The topological polar surface area (TPSA) is 57.4 Å². The van der Waals surface area contributed by atoms with Gasteiger partial charge in [0.25, 0.3) is 5.89 Å². The fourth-order valence-electron chi connectivity index (χ4n) is 1.89. The number of aromatic nitrogens is 2. The Morgan fingerprint density at radius 3 is 2.82 bits per heavy atom. The van der Waals surface area contributed by atoms with Gasteiger partial charge in [-0.2, -0.15) is 4.98 Å². The molecule has 0 fully saturated rings. The van der Waals surface area contributed by atoms with E-state index in [0.717, 1.165) is 5.56 Å². The van der Waals surface area contributed by atoms with E-state index in [9.17, 15) is 4.39 Å². The van der Waals surface area contributed by atoms with Gasteiger partial charge in [-0.1, -0.05) is 29.4 Å². The number of hydrogen-bond donors (Lipinski definition) is 0. The maximum atomic E-state index is 13.4. The maximum Gasteiger partial charge on any atom is 0.264 e. The molecule has 2 aromatic carbocycles. The van der Waals surface area contributed by atoms with Gasteiger partial charge >= 0.3 is 0 Å². The van der Waals surface area contributed by atoms with E-state index in [0.29, 0.717) is 11.6 Å². The summed E-state index contributed by atoms with van der Waals surface area (Å²) in [5.41, 5.74) is 0.764. The summed E-state index contributed by atoms with van der Waals surface area (Å²) in [7, 11) is 1.59. The van der Waals surface area contributed by atoms with E-state index in [2.05, 4.69) is 10.1 Å². The van der Waals surface area contributed by atoms with Crippen LogP contribution in [0, 0.1) is 5.82 Å². The molecule has 0 spiro atoms. The van der Waals surface area contributed by atoms with Crippen molar-refractivity contribution < 1.29 is 18.4 Å². The van der Waals surface area contributed by atoms with E-state index in [1.54, 1.807) is 25.3 Å². The molecule has 0 aliphatic carbocycles. The number of halogens is 1. The lowest BCUT2D eigenvalue weighted by Crippen LogP contribution is -1.97. The van der Waals surface area contributed by atoms with Crippen LogP contribution in [0.2, 0.25) is 0 Å². The first-order valence-electron chi connectivity index (χ1n) is 6.60. The van der Waals surface area contributed by atoms with Gasteiger partial charge in [0.15, 0.2) is 18.2 Å². The lowest BCUT2D eigenvalue weighted by atomic mass is 10.2. The van der Waals surface area contributed by atoms with E-state index < -0.39 is 5.82 Å². The molecular weight excluding hydrogens is 287 g/mol. The van der Waals surface area contributed by atoms with Gasteiger partial charge in [-0.15, -0.1) is 0 Å². The number of ether oxygens (including phenoxy) is 2. The smallest absolute Gasteiger partial charge is 0.264 e. The molecule has 3 rings (SSSR count). The van der Waals surface area contributed by atoms with Crippen LogP contribution in [-0.2, 0) is 6.61 Å². The van der Waals surface area contributed by atoms with Gasteiger partial charge in [-0.25, -0.2) is 4.39 Å². The van der Waals surface area contributed by atoms with E-state index in [-0.39, 0.29) is 18.2 Å². The lowest BCUT2D eigenvalue weighted by molar-refractivity contribution is 0.234. The van der Waals surface area contributed by atoms with Crippen LogP contribution in [0.5, 0.6) is 11.5 Å². The monoisotopic (exact) mass is 300 g/mol. The number of hydrogen-bond acceptors (Lipinski definition) is 5. The first-order chi connectivity index (χ1) is 10.8. The molecule has 0 unspecified atom stereocenters. The van der Waals surface area contributed by atoms with E-state index in [1.807, 2.05) is 18.2 Å². The summed E-state index contributed by atoms with van der Waals surface area (Å²) in [5, 5.41) is 3.88. The van der Waals surface area contributed by atoms with Crippen LogP contribution >= 0.6 is 0 Å². The molecule has 6 heteroatoms. The SMILES string of the molecule is COc1cccc(-c2noc(COc3ccccc3F)n2)c1. The predicted octanol–water partition coefficient (Wildman–Crippen LogP) is 3.46. The predicted molar refractivity (Wildman–Crippen MR) is 77.0 cm³/mol. The Bertz CT molecular complexity index is 773. The molecule has 1 aromatic heterocycles. The molecule has 0 saturated carbocycles. The maximum absolute atomic E-state index is 13.4. The zero-order chi connectivity index (χ0) is 15.4. The fraction of sp³-hybridized carbons (Fsp3) is 0.125. The normalized spacial score (nSPS) is 10.5. The van der Waals surface area contributed by atoms with Gasteiger partial charge in [0.2, 0.25) is 5.82 Å². The molecule has 1 heterocycles. The van der Waals surface area contributed by atoms with Gasteiger partial charge < -0.3 is 14.0 Å². The highest BCUT2D eigenvalue weighted by atomic mass is 19.1. The van der Waals surface area contributed by atoms with Crippen molar-refractivity contribution in [1.82, 2.24) is 10.1 Å². The Morgan fingerprint density at radius 1 is 1.14 bits per heavy atom. The first-order valence-corrected chi connectivity index (χ1v) is 6.60. The van der Waals surface area contributed by atoms with Crippen molar-refractivity contribution in [2.75, 3.05) is 7.11 Å². The largest absolute Gasteiger partial charge is 0.497 e. The van der Waals surface area contributed by atoms with Crippen molar-refractivity contribution >= 4 is 0 Å². The third kappa shape index (κ3) is 3.06. The summed E-state index contributed by atoms with van der Waals surface area (Å²) in [6.45, 7) is -0.00208. The molecule has 0 bridgehead atoms. The van der Waals surface area contributed by atoms with Crippen LogP contribution < -0.4 is 9.47 Å². The van der Waals surface area contributed by atoms with Gasteiger partial charge in [0.1, 0.15) is 5.75 Å². The summed E-state index contributed by atoms with van der Waals surface area (Å²) in [4.78, 5) is 4.22. The molecule has 0 radical (unpaired) electrons. The molecular formula is C16H13FN2O3. The Morgan fingerprint density at radius 2 is 2.00 bits per heavy atom. The van der Waals surface area contributed by atoms with Crippen molar-refractivity contribution in [3.05, 3.63) is 60.2 Å². The third-order valence-electron chi connectivity index (χ3n) is 2.98. The second-order valence-electron chi connectivity index (χ2n) is 4.46. The zero-order valence-corrected chi connectivity index (χ0v) is 11.8. The van der Waals surface area contributed by atoms with Gasteiger partial charge in [-0.3, -0.25) is 0 Å². The summed E-state index contributed by atoms with van der Waals surface area (Å²) in [5.74, 6) is 1.09. The van der Waals surface area contributed by atoms with Crippen LogP contribution in [0.15, 0.2) is 53.1 Å². The quantitative estimate of drug-likeness (QED) is 0.722. The summed E-state index contributed by atoms with van der Waals surface area (Å²) >= 11 is 0. The highest BCUT2D eigenvalue weighted by Crippen LogP contribution is 2.22. The van der Waals surface area contributed by atoms with Gasteiger partial charge in [0.05, 0.1) is 7.11 Å². The first kappa shape index (κ1) is 14.1. The van der Waals surface area contributed by atoms with E-state index in [1.165, 1.54) is 12.1 Å². The van der Waals surface area contributed by atoms with Crippen molar-refractivity contribution in [1.29, 1.82) is 0 Å². The average molecular weight is 300 g/mol. The number of rotatable bonds is 5. The number of benzene rings is 2. The molecule has 0 amide bonds. The standard InChI is InChI=1S/C16H13FN2O3/c1-20-12-6-4-5-11(9-12)16-18-15(22-19-16)10-21-14-8-3-2-7-13(14)17/h2-9H,10H2,1H3. The van der Waals surface area contributed by atoms with Crippen LogP contribution in [0.4, 0.5) is 4.39 Å². The molecule has 0 aliphatic rings. The van der Waals surface area contributed by atoms with Crippen molar-refractivity contribution in [2.24, 2.45) is 0 Å². The highest BCUT2D eigenvalue weighted by Gasteiger charge is 2.11. The Hall–Kier alpha value is -2.89. The molecule has 0 atom stereocenters. The van der Waals surface area contributed by atoms with Crippen LogP contribution in [0.1, 0.15) is 5.89 Å². The second-order valence-corrected chi connectivity index (χ2v) is 4.46. The Balaban J connectivity index is 1.72. The number of methoxy groups -OCH3 is 1. The molecule has 3 aromatic rings. The lowest BCUT2D eigenvalue weighted by Gasteiger charge is -2.03. The molecule has 0 aliphatic heterocycles. The van der Waals surface area contributed by atoms with E-state index in [4.69, 9.17) is 14.0 Å². The molecule has 0 N–H and O–H groups in total. The van der Waals surface area contributed by atoms with Crippen molar-refractivity contribution in [2.45, 2.75) is 6.61 Å². The molecule has 112 valence electrons. The second kappa shape index (κ2) is 6.26. The average Bonchev–Trinajstić information content (AvgIpc) is 3.03.